The second-order valence-electron chi connectivity index (χ2n) is 6.43. The van der Waals surface area contributed by atoms with Gasteiger partial charge in [0.1, 0.15) is 0 Å². The molecule has 1 aromatic carbocycles. The third-order valence-electron chi connectivity index (χ3n) is 4.47. The molecule has 1 aliphatic rings. The SMILES string of the molecule is COc1ccc2c(c1OC)CCCCN(C[C@H](C)NC(=O)CNO)C2. The zero-order valence-electron chi connectivity index (χ0n) is 15.3. The Bertz CT molecular complexity index is 580. The number of benzene rings is 1. The van der Waals surface area contributed by atoms with Gasteiger partial charge in [-0.15, -0.1) is 0 Å². The normalized spacial score (nSPS) is 16.3. The molecule has 7 nitrogen and oxygen atoms in total. The summed E-state index contributed by atoms with van der Waals surface area (Å²) in [5.41, 5.74) is 4.34. The number of hydrogen-bond acceptors (Lipinski definition) is 6. The Kier molecular flexibility index (Phi) is 7.49. The van der Waals surface area contributed by atoms with Gasteiger partial charge >= 0.3 is 0 Å². The van der Waals surface area contributed by atoms with Crippen molar-refractivity contribution in [2.24, 2.45) is 0 Å². The van der Waals surface area contributed by atoms with Crippen LogP contribution in [0.15, 0.2) is 12.1 Å². The van der Waals surface area contributed by atoms with E-state index >= 15 is 0 Å². The van der Waals surface area contributed by atoms with Crippen LogP contribution in [-0.4, -0.2) is 55.9 Å². The lowest BCUT2D eigenvalue weighted by atomic mass is 9.97. The Morgan fingerprint density at radius 1 is 1.32 bits per heavy atom. The summed E-state index contributed by atoms with van der Waals surface area (Å²) in [6.07, 6.45) is 3.17. The van der Waals surface area contributed by atoms with Crippen molar-refractivity contribution in [2.75, 3.05) is 33.9 Å². The monoisotopic (exact) mass is 351 g/mol. The average molecular weight is 351 g/mol. The zero-order valence-corrected chi connectivity index (χ0v) is 15.3. The van der Waals surface area contributed by atoms with Crippen LogP contribution in [0.25, 0.3) is 0 Å². The van der Waals surface area contributed by atoms with Crippen molar-refractivity contribution in [3.8, 4) is 11.5 Å². The predicted molar refractivity (Wildman–Crippen MR) is 95.2 cm³/mol. The summed E-state index contributed by atoms with van der Waals surface area (Å²) in [6.45, 7) is 4.44. The molecule has 7 heteroatoms. The molecule has 0 saturated carbocycles. The molecular weight excluding hydrogens is 322 g/mol. The number of carbonyl (C=O) groups excluding carboxylic acids is 1. The molecule has 3 N–H and O–H groups in total. The number of ether oxygens (including phenoxy) is 2. The molecule has 0 saturated heterocycles. The number of hydrogen-bond donors (Lipinski definition) is 3. The molecular formula is C18H29N3O4. The first-order chi connectivity index (χ1) is 12.1. The third kappa shape index (κ3) is 5.32. The molecule has 0 fully saturated rings. The van der Waals surface area contributed by atoms with Crippen molar-refractivity contribution in [1.29, 1.82) is 0 Å². The van der Waals surface area contributed by atoms with E-state index in [0.717, 1.165) is 50.4 Å². The highest BCUT2D eigenvalue weighted by Crippen LogP contribution is 2.35. The molecule has 0 aliphatic carbocycles. The van der Waals surface area contributed by atoms with Crippen LogP contribution in [0.1, 0.15) is 30.9 Å². The van der Waals surface area contributed by atoms with Crippen molar-refractivity contribution in [3.05, 3.63) is 23.3 Å². The largest absolute Gasteiger partial charge is 0.493 e. The molecule has 0 radical (unpaired) electrons. The highest BCUT2D eigenvalue weighted by atomic mass is 16.5. The van der Waals surface area contributed by atoms with Crippen LogP contribution in [-0.2, 0) is 17.8 Å². The van der Waals surface area contributed by atoms with Crippen LogP contribution in [0.3, 0.4) is 0 Å². The standard InChI is InChI=1S/C18H29N3O4/c1-13(20-17(22)10-19-23)11-21-9-5-4-6-15-14(12-21)7-8-16(24-2)18(15)25-3/h7-8,13,19,23H,4-6,9-12H2,1-3H3,(H,20,22)/t13-/m0/s1. The Hall–Kier alpha value is -1.83. The maximum Gasteiger partial charge on any atom is 0.236 e. The van der Waals surface area contributed by atoms with E-state index in [1.807, 2.05) is 18.5 Å². The lowest BCUT2D eigenvalue weighted by molar-refractivity contribution is -0.122. The molecule has 2 rings (SSSR count). The predicted octanol–water partition coefficient (Wildman–Crippen LogP) is 1.33. The minimum Gasteiger partial charge on any atom is -0.493 e. The number of fused-ring (bicyclic) bond motifs is 1. The highest BCUT2D eigenvalue weighted by Gasteiger charge is 2.20. The van der Waals surface area contributed by atoms with Gasteiger partial charge in [0.2, 0.25) is 5.91 Å². The molecule has 0 aromatic heterocycles. The Morgan fingerprint density at radius 3 is 2.80 bits per heavy atom. The van der Waals surface area contributed by atoms with Crippen LogP contribution >= 0.6 is 0 Å². The van der Waals surface area contributed by atoms with E-state index in [-0.39, 0.29) is 18.5 Å². The summed E-state index contributed by atoms with van der Waals surface area (Å²) in [6, 6.07) is 4.06. The van der Waals surface area contributed by atoms with Gasteiger partial charge in [-0.25, -0.2) is 0 Å². The van der Waals surface area contributed by atoms with Gasteiger partial charge in [-0.3, -0.25) is 9.69 Å². The molecule has 0 bridgehead atoms. The second-order valence-corrected chi connectivity index (χ2v) is 6.43. The van der Waals surface area contributed by atoms with E-state index in [2.05, 4.69) is 16.3 Å². The molecule has 1 aliphatic heterocycles. The fourth-order valence-corrected chi connectivity index (χ4v) is 3.40. The summed E-state index contributed by atoms with van der Waals surface area (Å²) in [4.78, 5) is 13.9. The van der Waals surface area contributed by atoms with Crippen LogP contribution < -0.4 is 20.3 Å². The summed E-state index contributed by atoms with van der Waals surface area (Å²) in [5.74, 6) is 1.39. The Balaban J connectivity index is 2.10. The number of hydroxylamine groups is 1. The second kappa shape index (κ2) is 9.60. The fourth-order valence-electron chi connectivity index (χ4n) is 3.40. The van der Waals surface area contributed by atoms with Crippen molar-refractivity contribution in [1.82, 2.24) is 15.7 Å². The summed E-state index contributed by atoms with van der Waals surface area (Å²) in [5, 5.41) is 11.5. The van der Waals surface area contributed by atoms with Gasteiger partial charge < -0.3 is 20.0 Å². The highest BCUT2D eigenvalue weighted by molar-refractivity contribution is 5.78. The number of carbonyl (C=O) groups is 1. The van der Waals surface area contributed by atoms with Crippen molar-refractivity contribution >= 4 is 5.91 Å². The van der Waals surface area contributed by atoms with Gasteiger partial charge in [0.25, 0.3) is 0 Å². The molecule has 1 heterocycles. The lowest BCUT2D eigenvalue weighted by Gasteiger charge is -2.29. The smallest absolute Gasteiger partial charge is 0.236 e. The first-order valence-electron chi connectivity index (χ1n) is 8.70. The summed E-state index contributed by atoms with van der Waals surface area (Å²) >= 11 is 0. The van der Waals surface area contributed by atoms with E-state index in [0.29, 0.717) is 0 Å². The van der Waals surface area contributed by atoms with Gasteiger partial charge in [0, 0.05) is 24.7 Å². The first kappa shape index (κ1) is 19.5. The van der Waals surface area contributed by atoms with E-state index in [9.17, 15) is 4.79 Å². The number of amides is 1. The van der Waals surface area contributed by atoms with Gasteiger partial charge in [-0.2, -0.15) is 5.48 Å². The topological polar surface area (TPSA) is 83.1 Å². The minimum atomic E-state index is -0.214. The van der Waals surface area contributed by atoms with Crippen molar-refractivity contribution < 1.29 is 19.5 Å². The molecule has 1 aromatic rings. The lowest BCUT2D eigenvalue weighted by Crippen LogP contribution is -2.44. The first-order valence-corrected chi connectivity index (χ1v) is 8.70. The Labute approximate surface area is 149 Å². The van der Waals surface area contributed by atoms with E-state index < -0.39 is 0 Å². The third-order valence-corrected chi connectivity index (χ3v) is 4.47. The van der Waals surface area contributed by atoms with E-state index in [4.69, 9.17) is 14.7 Å². The molecule has 25 heavy (non-hydrogen) atoms. The maximum absolute atomic E-state index is 11.6. The van der Waals surface area contributed by atoms with Crippen LogP contribution in [0.5, 0.6) is 11.5 Å². The van der Waals surface area contributed by atoms with Gasteiger partial charge in [0.05, 0.1) is 20.8 Å². The van der Waals surface area contributed by atoms with Gasteiger partial charge in [-0.05, 0) is 44.4 Å². The molecule has 0 spiro atoms. The average Bonchev–Trinajstić information content (AvgIpc) is 2.56. The molecule has 0 unspecified atom stereocenters. The summed E-state index contributed by atoms with van der Waals surface area (Å²) in [7, 11) is 3.34. The maximum atomic E-state index is 11.6. The Morgan fingerprint density at radius 2 is 2.12 bits per heavy atom. The van der Waals surface area contributed by atoms with Crippen molar-refractivity contribution in [2.45, 2.75) is 38.8 Å². The van der Waals surface area contributed by atoms with E-state index in [1.54, 1.807) is 14.2 Å². The fraction of sp³-hybridized carbons (Fsp3) is 0.611. The molecule has 1 atom stereocenters. The number of rotatable bonds is 7. The quantitative estimate of drug-likeness (QED) is 0.643. The van der Waals surface area contributed by atoms with Gasteiger partial charge in [0.15, 0.2) is 11.5 Å². The van der Waals surface area contributed by atoms with Crippen LogP contribution in [0.2, 0.25) is 0 Å². The van der Waals surface area contributed by atoms with Crippen LogP contribution in [0, 0.1) is 0 Å². The number of nitrogens with zero attached hydrogens (tertiary/aromatic N) is 1. The van der Waals surface area contributed by atoms with Crippen LogP contribution in [0.4, 0.5) is 0 Å². The summed E-state index contributed by atoms with van der Waals surface area (Å²) < 4.78 is 11.0. The molecule has 140 valence electrons. The van der Waals surface area contributed by atoms with Crippen molar-refractivity contribution in [3.63, 3.8) is 0 Å². The van der Waals surface area contributed by atoms with Gasteiger partial charge in [-0.1, -0.05) is 6.07 Å². The zero-order chi connectivity index (χ0) is 18.2. The van der Waals surface area contributed by atoms with E-state index in [1.165, 1.54) is 11.1 Å². The molecule has 1 amide bonds. The minimum absolute atomic E-state index is 0.00358. The number of methoxy groups -OCH3 is 2. The number of nitrogens with one attached hydrogen (secondary N) is 2.